The maximum Gasteiger partial charge on any atom is 0.0779 e. The van der Waals surface area contributed by atoms with Crippen molar-refractivity contribution in [2.75, 3.05) is 39.3 Å². The smallest absolute Gasteiger partial charge is 0.0779 e. The minimum Gasteiger partial charge on any atom is -0.374 e. The van der Waals surface area contributed by atoms with Gasteiger partial charge in [0, 0.05) is 26.2 Å². The molecule has 0 bridgehead atoms. The molecule has 1 atom stereocenters. The molecule has 2 heterocycles. The van der Waals surface area contributed by atoms with Crippen molar-refractivity contribution in [1.82, 2.24) is 10.2 Å². The molecule has 0 aromatic carbocycles. The van der Waals surface area contributed by atoms with E-state index < -0.39 is 0 Å². The summed E-state index contributed by atoms with van der Waals surface area (Å²) in [7, 11) is 0. The summed E-state index contributed by atoms with van der Waals surface area (Å²) in [6, 6.07) is 0. The van der Waals surface area contributed by atoms with Crippen LogP contribution in [0.4, 0.5) is 0 Å². The van der Waals surface area contributed by atoms with Crippen molar-refractivity contribution < 1.29 is 4.74 Å². The highest BCUT2D eigenvalue weighted by Crippen LogP contribution is 2.23. The lowest BCUT2D eigenvalue weighted by Gasteiger charge is -2.24. The second-order valence-corrected chi connectivity index (χ2v) is 5.13. The third kappa shape index (κ3) is 3.44. The number of hydrogen-bond acceptors (Lipinski definition) is 3. The third-order valence-corrected chi connectivity index (χ3v) is 3.60. The molecule has 0 saturated carbocycles. The average Bonchev–Trinajstić information content (AvgIpc) is 2.84. The molecular formula is C12H24N2O. The highest BCUT2D eigenvalue weighted by molar-refractivity contribution is 4.82. The van der Waals surface area contributed by atoms with Gasteiger partial charge in [0.1, 0.15) is 0 Å². The van der Waals surface area contributed by atoms with Crippen molar-refractivity contribution in [2.24, 2.45) is 0 Å². The SMILES string of the molecule is CC1(CNCCN2CCCC2)CCCO1. The van der Waals surface area contributed by atoms with Crippen LogP contribution in [0.5, 0.6) is 0 Å². The van der Waals surface area contributed by atoms with Gasteiger partial charge in [0.2, 0.25) is 0 Å². The van der Waals surface area contributed by atoms with Crippen molar-refractivity contribution in [3.05, 3.63) is 0 Å². The molecule has 88 valence electrons. The quantitative estimate of drug-likeness (QED) is 0.694. The van der Waals surface area contributed by atoms with Crippen LogP contribution in [0.3, 0.4) is 0 Å². The largest absolute Gasteiger partial charge is 0.374 e. The molecule has 2 fully saturated rings. The maximum atomic E-state index is 5.74. The van der Waals surface area contributed by atoms with Gasteiger partial charge in [0.15, 0.2) is 0 Å². The summed E-state index contributed by atoms with van der Waals surface area (Å²) in [5.41, 5.74) is 0.116. The zero-order chi connectivity index (χ0) is 10.6. The van der Waals surface area contributed by atoms with Crippen LogP contribution >= 0.6 is 0 Å². The summed E-state index contributed by atoms with van der Waals surface area (Å²) < 4.78 is 5.74. The van der Waals surface area contributed by atoms with Gasteiger partial charge in [-0.15, -0.1) is 0 Å². The summed E-state index contributed by atoms with van der Waals surface area (Å²) in [6.45, 7) is 9.11. The van der Waals surface area contributed by atoms with E-state index in [2.05, 4.69) is 17.1 Å². The van der Waals surface area contributed by atoms with Gasteiger partial charge in [-0.3, -0.25) is 0 Å². The van der Waals surface area contributed by atoms with Crippen LogP contribution in [0, 0.1) is 0 Å². The lowest BCUT2D eigenvalue weighted by atomic mass is 10.0. The van der Waals surface area contributed by atoms with E-state index in [1.54, 1.807) is 0 Å². The number of hydrogen-bond donors (Lipinski definition) is 1. The van der Waals surface area contributed by atoms with Crippen LogP contribution in [0.15, 0.2) is 0 Å². The minimum absolute atomic E-state index is 0.116. The Morgan fingerprint density at radius 1 is 1.27 bits per heavy atom. The van der Waals surface area contributed by atoms with Gasteiger partial charge in [0.25, 0.3) is 0 Å². The first-order valence-electron chi connectivity index (χ1n) is 6.36. The number of rotatable bonds is 5. The van der Waals surface area contributed by atoms with Crippen molar-refractivity contribution >= 4 is 0 Å². The molecule has 3 heteroatoms. The van der Waals surface area contributed by atoms with E-state index in [1.807, 2.05) is 0 Å². The molecule has 2 aliphatic rings. The Kier molecular flexibility index (Phi) is 4.00. The molecule has 2 rings (SSSR count). The monoisotopic (exact) mass is 212 g/mol. The fraction of sp³-hybridized carbons (Fsp3) is 1.00. The molecule has 2 saturated heterocycles. The van der Waals surface area contributed by atoms with Crippen molar-refractivity contribution in [3.63, 3.8) is 0 Å². The Morgan fingerprint density at radius 2 is 2.07 bits per heavy atom. The minimum atomic E-state index is 0.116. The van der Waals surface area contributed by atoms with E-state index in [0.29, 0.717) is 0 Å². The van der Waals surface area contributed by atoms with Gasteiger partial charge in [0.05, 0.1) is 5.60 Å². The Labute approximate surface area is 93.2 Å². The molecular weight excluding hydrogens is 188 g/mol. The van der Waals surface area contributed by atoms with Crippen LogP contribution in [0.25, 0.3) is 0 Å². The van der Waals surface area contributed by atoms with E-state index in [0.717, 1.165) is 19.7 Å². The Balaban J connectivity index is 1.54. The molecule has 0 aromatic rings. The Morgan fingerprint density at radius 3 is 2.73 bits per heavy atom. The fourth-order valence-electron chi connectivity index (χ4n) is 2.57. The maximum absolute atomic E-state index is 5.74. The highest BCUT2D eigenvalue weighted by Gasteiger charge is 2.28. The second-order valence-electron chi connectivity index (χ2n) is 5.13. The summed E-state index contributed by atoms with van der Waals surface area (Å²) in [5, 5.41) is 3.53. The molecule has 3 nitrogen and oxygen atoms in total. The predicted octanol–water partition coefficient (Wildman–Crippen LogP) is 1.24. The highest BCUT2D eigenvalue weighted by atomic mass is 16.5. The molecule has 0 spiro atoms. The average molecular weight is 212 g/mol. The first kappa shape index (κ1) is 11.4. The Bertz CT molecular complexity index is 184. The summed E-state index contributed by atoms with van der Waals surface area (Å²) in [5.74, 6) is 0. The second kappa shape index (κ2) is 5.28. The summed E-state index contributed by atoms with van der Waals surface area (Å²) >= 11 is 0. The van der Waals surface area contributed by atoms with Crippen molar-refractivity contribution in [2.45, 2.75) is 38.2 Å². The predicted molar refractivity (Wildman–Crippen MR) is 62.1 cm³/mol. The van der Waals surface area contributed by atoms with Crippen molar-refractivity contribution in [3.8, 4) is 0 Å². The molecule has 0 aromatic heterocycles. The zero-order valence-electron chi connectivity index (χ0n) is 9.93. The molecule has 0 amide bonds. The van der Waals surface area contributed by atoms with Crippen LogP contribution < -0.4 is 5.32 Å². The summed E-state index contributed by atoms with van der Waals surface area (Å²) in [6.07, 6.45) is 5.22. The standard InChI is InChI=1S/C12H24N2O/c1-12(5-4-10-15-12)11-13-6-9-14-7-2-3-8-14/h13H,2-11H2,1H3. The van der Waals surface area contributed by atoms with E-state index in [1.165, 1.54) is 45.3 Å². The molecule has 1 unspecified atom stereocenters. The van der Waals surface area contributed by atoms with Gasteiger partial charge < -0.3 is 15.0 Å². The first-order valence-corrected chi connectivity index (χ1v) is 6.36. The van der Waals surface area contributed by atoms with E-state index >= 15 is 0 Å². The normalized spacial score (nSPS) is 32.6. The fourth-order valence-corrected chi connectivity index (χ4v) is 2.57. The topological polar surface area (TPSA) is 24.5 Å². The number of nitrogens with zero attached hydrogens (tertiary/aromatic N) is 1. The van der Waals surface area contributed by atoms with Crippen LogP contribution in [-0.2, 0) is 4.74 Å². The third-order valence-electron chi connectivity index (χ3n) is 3.60. The zero-order valence-corrected chi connectivity index (χ0v) is 9.93. The molecule has 0 aliphatic carbocycles. The van der Waals surface area contributed by atoms with Gasteiger partial charge in [-0.05, 0) is 45.7 Å². The lowest BCUT2D eigenvalue weighted by Crippen LogP contribution is -2.40. The molecule has 0 radical (unpaired) electrons. The molecule has 2 aliphatic heterocycles. The van der Waals surface area contributed by atoms with Gasteiger partial charge in [-0.25, -0.2) is 0 Å². The lowest BCUT2D eigenvalue weighted by molar-refractivity contribution is 0.0207. The van der Waals surface area contributed by atoms with Crippen LogP contribution in [0.1, 0.15) is 32.6 Å². The first-order chi connectivity index (χ1) is 7.29. The van der Waals surface area contributed by atoms with Gasteiger partial charge in [-0.1, -0.05) is 0 Å². The van der Waals surface area contributed by atoms with Gasteiger partial charge >= 0.3 is 0 Å². The van der Waals surface area contributed by atoms with Crippen LogP contribution in [0.2, 0.25) is 0 Å². The van der Waals surface area contributed by atoms with Crippen LogP contribution in [-0.4, -0.2) is 49.8 Å². The van der Waals surface area contributed by atoms with E-state index in [4.69, 9.17) is 4.74 Å². The molecule has 15 heavy (non-hydrogen) atoms. The van der Waals surface area contributed by atoms with Gasteiger partial charge in [-0.2, -0.15) is 0 Å². The number of ether oxygens (including phenoxy) is 1. The number of likely N-dealkylation sites (tertiary alicyclic amines) is 1. The molecule has 1 N–H and O–H groups in total. The van der Waals surface area contributed by atoms with E-state index in [-0.39, 0.29) is 5.60 Å². The summed E-state index contributed by atoms with van der Waals surface area (Å²) in [4.78, 5) is 2.55. The Hall–Kier alpha value is -0.120. The van der Waals surface area contributed by atoms with Crippen molar-refractivity contribution in [1.29, 1.82) is 0 Å². The number of nitrogens with one attached hydrogen (secondary N) is 1. The van der Waals surface area contributed by atoms with E-state index in [9.17, 15) is 0 Å².